The van der Waals surface area contributed by atoms with Crippen LogP contribution in [0, 0.1) is 6.92 Å². The highest BCUT2D eigenvalue weighted by molar-refractivity contribution is 6.09. The van der Waals surface area contributed by atoms with Crippen LogP contribution in [0.5, 0.6) is 11.5 Å². The first kappa shape index (κ1) is 30.7. The molecule has 1 saturated heterocycles. The second-order valence-corrected chi connectivity index (χ2v) is 10.9. The summed E-state index contributed by atoms with van der Waals surface area (Å²) in [6.45, 7) is 5.01. The summed E-state index contributed by atoms with van der Waals surface area (Å²) >= 11 is 0. The number of carbonyl (C=O) groups excluding carboxylic acids is 2. The standard InChI is InChI=1S/C34H34F3N3O4/c1-22-7-3-4-12-30(22)39-33(42)40-19-17-26(18-20-40)43-28-10-6-9-25(21-28)38-32(41)29-11-5-8-23(2)31(29)24-13-15-27(16-14-24)44-34(35,36)37/h4-6,8-16,21,26H,3,7,17-20H2,1-2H3,(H,38,41)(H,39,42). The quantitative estimate of drug-likeness (QED) is 0.286. The average molecular weight is 606 g/mol. The van der Waals surface area contributed by atoms with Crippen LogP contribution in [0.2, 0.25) is 0 Å². The minimum Gasteiger partial charge on any atom is -0.490 e. The Labute approximate surface area is 254 Å². The van der Waals surface area contributed by atoms with Gasteiger partial charge in [0, 0.05) is 48.9 Å². The lowest BCUT2D eigenvalue weighted by Gasteiger charge is -2.32. The van der Waals surface area contributed by atoms with Crippen molar-refractivity contribution in [2.75, 3.05) is 18.4 Å². The highest BCUT2D eigenvalue weighted by Crippen LogP contribution is 2.32. The van der Waals surface area contributed by atoms with Gasteiger partial charge in [-0.25, -0.2) is 4.79 Å². The Morgan fingerprint density at radius 1 is 0.909 bits per heavy atom. The molecule has 0 unspecified atom stereocenters. The average Bonchev–Trinajstić information content (AvgIpc) is 2.98. The van der Waals surface area contributed by atoms with Crippen LogP contribution in [0.4, 0.5) is 23.7 Å². The molecule has 0 radical (unpaired) electrons. The van der Waals surface area contributed by atoms with E-state index in [-0.39, 0.29) is 23.8 Å². The molecule has 7 nitrogen and oxygen atoms in total. The molecular weight excluding hydrogens is 571 g/mol. The number of urea groups is 1. The fourth-order valence-electron chi connectivity index (χ4n) is 5.40. The number of hydrogen-bond acceptors (Lipinski definition) is 4. The smallest absolute Gasteiger partial charge is 0.490 e. The summed E-state index contributed by atoms with van der Waals surface area (Å²) in [5.74, 6) is -0.103. The number of anilines is 1. The van der Waals surface area contributed by atoms with E-state index < -0.39 is 6.36 Å². The number of rotatable bonds is 7. The molecule has 3 aromatic rings. The number of allylic oxidation sites excluding steroid dienone is 3. The number of likely N-dealkylation sites (tertiary alicyclic amines) is 1. The van der Waals surface area contributed by atoms with Crippen LogP contribution in [0.1, 0.15) is 48.5 Å². The van der Waals surface area contributed by atoms with E-state index in [1.54, 1.807) is 35.2 Å². The summed E-state index contributed by atoms with van der Waals surface area (Å²) in [5.41, 5.74) is 4.96. The summed E-state index contributed by atoms with van der Waals surface area (Å²) in [5, 5.41) is 5.94. The van der Waals surface area contributed by atoms with Gasteiger partial charge in [-0.05, 0) is 85.4 Å². The topological polar surface area (TPSA) is 79.9 Å². The van der Waals surface area contributed by atoms with Crippen molar-refractivity contribution in [2.45, 2.75) is 52.0 Å². The van der Waals surface area contributed by atoms with Gasteiger partial charge in [0.2, 0.25) is 0 Å². The number of hydrogen-bond donors (Lipinski definition) is 2. The Bertz CT molecular complexity index is 1570. The predicted molar refractivity (Wildman–Crippen MR) is 163 cm³/mol. The molecule has 3 aromatic carbocycles. The molecule has 2 aliphatic rings. The van der Waals surface area contributed by atoms with Crippen molar-refractivity contribution in [3.63, 3.8) is 0 Å². The third-order valence-electron chi connectivity index (χ3n) is 7.69. The van der Waals surface area contributed by atoms with Crippen molar-refractivity contribution in [2.24, 2.45) is 0 Å². The van der Waals surface area contributed by atoms with Crippen LogP contribution in [0.3, 0.4) is 0 Å². The number of piperidine rings is 1. The monoisotopic (exact) mass is 605 g/mol. The Hall–Kier alpha value is -4.73. The van der Waals surface area contributed by atoms with E-state index >= 15 is 0 Å². The van der Waals surface area contributed by atoms with Crippen molar-refractivity contribution >= 4 is 17.6 Å². The molecule has 10 heteroatoms. The number of halogens is 3. The third kappa shape index (κ3) is 7.80. The number of benzene rings is 3. The number of aryl methyl sites for hydroxylation is 1. The first-order valence-corrected chi connectivity index (χ1v) is 14.5. The fraction of sp³-hybridized carbons (Fsp3) is 0.294. The fourth-order valence-corrected chi connectivity index (χ4v) is 5.40. The van der Waals surface area contributed by atoms with Gasteiger partial charge in [0.05, 0.1) is 0 Å². The van der Waals surface area contributed by atoms with Gasteiger partial charge in [-0.2, -0.15) is 0 Å². The van der Waals surface area contributed by atoms with E-state index in [2.05, 4.69) is 21.4 Å². The molecule has 0 spiro atoms. The number of ether oxygens (including phenoxy) is 2. The summed E-state index contributed by atoms with van der Waals surface area (Å²) in [6, 6.07) is 17.7. The van der Waals surface area contributed by atoms with Crippen LogP contribution < -0.4 is 20.1 Å². The van der Waals surface area contributed by atoms with Gasteiger partial charge < -0.3 is 25.0 Å². The largest absolute Gasteiger partial charge is 0.573 e. The lowest BCUT2D eigenvalue weighted by Crippen LogP contribution is -2.46. The van der Waals surface area contributed by atoms with Crippen molar-refractivity contribution in [3.8, 4) is 22.6 Å². The van der Waals surface area contributed by atoms with E-state index in [1.807, 2.05) is 32.1 Å². The Balaban J connectivity index is 1.20. The second kappa shape index (κ2) is 13.3. The van der Waals surface area contributed by atoms with Crippen molar-refractivity contribution < 1.29 is 32.2 Å². The van der Waals surface area contributed by atoms with E-state index in [0.29, 0.717) is 54.1 Å². The van der Waals surface area contributed by atoms with Crippen molar-refractivity contribution in [1.82, 2.24) is 10.2 Å². The van der Waals surface area contributed by atoms with Crippen LogP contribution >= 0.6 is 0 Å². The molecule has 0 atom stereocenters. The molecule has 1 aliphatic carbocycles. The predicted octanol–water partition coefficient (Wildman–Crippen LogP) is 7.99. The number of nitrogens with zero attached hydrogens (tertiary/aromatic N) is 1. The first-order chi connectivity index (χ1) is 21.1. The van der Waals surface area contributed by atoms with Crippen LogP contribution in [-0.2, 0) is 0 Å². The molecule has 1 heterocycles. The zero-order chi connectivity index (χ0) is 31.3. The summed E-state index contributed by atoms with van der Waals surface area (Å²) < 4.78 is 48.0. The normalized spacial score (nSPS) is 15.6. The Morgan fingerprint density at radius 2 is 1.64 bits per heavy atom. The van der Waals surface area contributed by atoms with Gasteiger partial charge in [0.25, 0.3) is 5.91 Å². The first-order valence-electron chi connectivity index (χ1n) is 14.5. The van der Waals surface area contributed by atoms with Crippen molar-refractivity contribution in [3.05, 3.63) is 101 Å². The van der Waals surface area contributed by atoms with Gasteiger partial charge in [-0.3, -0.25) is 4.79 Å². The highest BCUT2D eigenvalue weighted by atomic mass is 19.4. The molecule has 0 saturated carbocycles. The maximum absolute atomic E-state index is 13.4. The van der Waals surface area contributed by atoms with Gasteiger partial charge >= 0.3 is 12.4 Å². The molecular formula is C34H34F3N3O4. The molecule has 1 fully saturated rings. The minimum atomic E-state index is -4.79. The van der Waals surface area contributed by atoms with E-state index in [4.69, 9.17) is 4.74 Å². The zero-order valence-corrected chi connectivity index (χ0v) is 24.5. The minimum absolute atomic E-state index is 0.0757. The highest BCUT2D eigenvalue weighted by Gasteiger charge is 2.31. The molecule has 0 bridgehead atoms. The van der Waals surface area contributed by atoms with Gasteiger partial charge in [0.1, 0.15) is 17.6 Å². The van der Waals surface area contributed by atoms with Crippen LogP contribution in [0.15, 0.2) is 90.2 Å². The zero-order valence-electron chi connectivity index (χ0n) is 24.5. The SMILES string of the molecule is CC1=C(NC(=O)N2CCC(Oc3cccc(NC(=O)c4cccc(C)c4-c4ccc(OC(F)(F)F)cc4)c3)CC2)C=CCC1. The second-order valence-electron chi connectivity index (χ2n) is 10.9. The summed E-state index contributed by atoms with van der Waals surface area (Å²) in [4.78, 5) is 28.0. The number of nitrogens with one attached hydrogen (secondary N) is 2. The molecule has 0 aromatic heterocycles. The van der Waals surface area contributed by atoms with Crippen LogP contribution in [-0.4, -0.2) is 42.4 Å². The summed E-state index contributed by atoms with van der Waals surface area (Å²) in [6.07, 6.45) is 2.47. The Kier molecular flexibility index (Phi) is 9.27. The number of amides is 3. The summed E-state index contributed by atoms with van der Waals surface area (Å²) in [7, 11) is 0. The molecule has 1 aliphatic heterocycles. The molecule has 5 rings (SSSR count). The molecule has 3 amide bonds. The Morgan fingerprint density at radius 3 is 2.34 bits per heavy atom. The van der Waals surface area contributed by atoms with Gasteiger partial charge in [0.15, 0.2) is 0 Å². The third-order valence-corrected chi connectivity index (χ3v) is 7.69. The molecule has 230 valence electrons. The number of carbonyl (C=O) groups is 2. The van der Waals surface area contributed by atoms with Gasteiger partial charge in [-0.15, -0.1) is 13.2 Å². The van der Waals surface area contributed by atoms with E-state index in [9.17, 15) is 22.8 Å². The van der Waals surface area contributed by atoms with E-state index in [0.717, 1.165) is 24.1 Å². The maximum Gasteiger partial charge on any atom is 0.573 e. The molecule has 2 N–H and O–H groups in total. The van der Waals surface area contributed by atoms with E-state index in [1.165, 1.54) is 29.8 Å². The van der Waals surface area contributed by atoms with Gasteiger partial charge in [-0.1, -0.05) is 36.4 Å². The lowest BCUT2D eigenvalue weighted by molar-refractivity contribution is -0.274. The van der Waals surface area contributed by atoms with Crippen LogP contribution in [0.25, 0.3) is 11.1 Å². The lowest BCUT2D eigenvalue weighted by atomic mass is 9.94. The van der Waals surface area contributed by atoms with Crippen molar-refractivity contribution in [1.29, 1.82) is 0 Å². The maximum atomic E-state index is 13.4. The molecule has 44 heavy (non-hydrogen) atoms. The number of alkyl halides is 3.